The second kappa shape index (κ2) is 3.72. The molecule has 1 unspecified atom stereocenters. The lowest BCUT2D eigenvalue weighted by molar-refractivity contribution is -0.149. The van der Waals surface area contributed by atoms with Crippen molar-refractivity contribution in [2.75, 3.05) is 0 Å². The fourth-order valence-electron chi connectivity index (χ4n) is 2.80. The molecule has 2 aliphatic rings. The van der Waals surface area contributed by atoms with Crippen LogP contribution in [0.15, 0.2) is 12.2 Å². The molecule has 90 valence electrons. The Hall–Kier alpha value is -0.573. The highest BCUT2D eigenvalue weighted by Gasteiger charge is 2.58. The van der Waals surface area contributed by atoms with Crippen LogP contribution in [0.3, 0.4) is 0 Å². The molecule has 0 radical (unpaired) electrons. The van der Waals surface area contributed by atoms with Gasteiger partial charge in [0.2, 0.25) is 0 Å². The number of carbonyl (C=O) groups is 1. The van der Waals surface area contributed by atoms with Crippen molar-refractivity contribution in [2.45, 2.75) is 57.0 Å². The van der Waals surface area contributed by atoms with Crippen molar-refractivity contribution in [3.05, 3.63) is 12.2 Å². The van der Waals surface area contributed by atoms with Gasteiger partial charge in [0, 0.05) is 12.8 Å². The van der Waals surface area contributed by atoms with E-state index >= 15 is 0 Å². The zero-order chi connectivity index (χ0) is 12.0. The van der Waals surface area contributed by atoms with Crippen molar-refractivity contribution >= 4 is 14.0 Å². The number of fused-ring (bicyclic) bond motifs is 1. The van der Waals surface area contributed by atoms with E-state index in [-0.39, 0.29) is 11.6 Å². The summed E-state index contributed by atoms with van der Waals surface area (Å²) in [5.41, 5.74) is 0.555. The van der Waals surface area contributed by atoms with Crippen molar-refractivity contribution < 1.29 is 9.53 Å². The molecule has 0 amide bonds. The lowest BCUT2D eigenvalue weighted by Gasteiger charge is -2.29. The first kappa shape index (κ1) is 11.9. The first-order valence-electron chi connectivity index (χ1n) is 6.20. The van der Waals surface area contributed by atoms with Gasteiger partial charge in [0.25, 0.3) is 0 Å². The number of rotatable bonds is 2. The molecule has 1 saturated carbocycles. The van der Waals surface area contributed by atoms with E-state index in [9.17, 15) is 4.79 Å². The molecule has 2 nitrogen and oxygen atoms in total. The minimum absolute atomic E-state index is 0.0969. The van der Waals surface area contributed by atoms with Crippen LogP contribution in [0.5, 0.6) is 0 Å². The lowest BCUT2D eigenvalue weighted by Crippen LogP contribution is -2.32. The fraction of sp³-hybridized carbons (Fsp3) is 0.769. The topological polar surface area (TPSA) is 26.3 Å². The average molecular weight is 238 g/mol. The predicted molar refractivity (Wildman–Crippen MR) is 68.1 cm³/mol. The number of esters is 1. The summed E-state index contributed by atoms with van der Waals surface area (Å²) in [6, 6.07) is 0. The third kappa shape index (κ3) is 2.24. The SMILES string of the molecule is CC(=O)O[C@@]12CC([Si](C)(C)C)C=CC[C@@H]1C2. The van der Waals surface area contributed by atoms with Gasteiger partial charge in [0.05, 0.1) is 8.07 Å². The van der Waals surface area contributed by atoms with Gasteiger partial charge in [0.15, 0.2) is 0 Å². The Morgan fingerprint density at radius 1 is 1.38 bits per heavy atom. The van der Waals surface area contributed by atoms with Gasteiger partial charge in [0.1, 0.15) is 5.60 Å². The van der Waals surface area contributed by atoms with Gasteiger partial charge >= 0.3 is 5.97 Å². The van der Waals surface area contributed by atoms with Gasteiger partial charge in [-0.25, -0.2) is 0 Å². The highest BCUT2D eigenvalue weighted by atomic mass is 28.3. The van der Waals surface area contributed by atoms with E-state index in [1.54, 1.807) is 0 Å². The number of carbonyl (C=O) groups excluding carboxylic acids is 1. The van der Waals surface area contributed by atoms with E-state index in [0.717, 1.165) is 19.3 Å². The molecule has 16 heavy (non-hydrogen) atoms. The quantitative estimate of drug-likeness (QED) is 0.419. The fourth-order valence-corrected chi connectivity index (χ4v) is 4.47. The summed E-state index contributed by atoms with van der Waals surface area (Å²) in [6.45, 7) is 8.72. The molecule has 2 rings (SSSR count). The largest absolute Gasteiger partial charge is 0.459 e. The molecular weight excluding hydrogens is 216 g/mol. The summed E-state index contributed by atoms with van der Waals surface area (Å²) in [5, 5.41) is 0. The highest BCUT2D eigenvalue weighted by molar-refractivity contribution is 6.78. The van der Waals surface area contributed by atoms with E-state index in [1.165, 1.54) is 6.92 Å². The van der Waals surface area contributed by atoms with Crippen molar-refractivity contribution in [1.29, 1.82) is 0 Å². The number of hydrogen-bond donors (Lipinski definition) is 0. The van der Waals surface area contributed by atoms with Crippen molar-refractivity contribution in [3.63, 3.8) is 0 Å². The second-order valence-corrected chi connectivity index (χ2v) is 11.9. The van der Waals surface area contributed by atoms with Gasteiger partial charge < -0.3 is 4.74 Å². The van der Waals surface area contributed by atoms with Crippen LogP contribution in [0.25, 0.3) is 0 Å². The zero-order valence-electron chi connectivity index (χ0n) is 10.7. The number of hydrogen-bond acceptors (Lipinski definition) is 2. The summed E-state index contributed by atoms with van der Waals surface area (Å²) in [7, 11) is -1.18. The molecule has 3 atom stereocenters. The minimum atomic E-state index is -1.18. The van der Waals surface area contributed by atoms with E-state index in [1.807, 2.05) is 0 Å². The predicted octanol–water partition coefficient (Wildman–Crippen LogP) is 3.37. The Labute approximate surface area is 99.1 Å². The number of ether oxygens (including phenoxy) is 1. The zero-order valence-corrected chi connectivity index (χ0v) is 11.7. The maximum atomic E-state index is 11.2. The molecule has 0 heterocycles. The molecule has 1 fully saturated rings. The first-order valence-corrected chi connectivity index (χ1v) is 9.77. The van der Waals surface area contributed by atoms with Gasteiger partial charge in [-0.05, 0) is 24.8 Å². The van der Waals surface area contributed by atoms with Crippen molar-refractivity contribution in [3.8, 4) is 0 Å². The average Bonchev–Trinajstić information content (AvgIpc) is 2.73. The third-order valence-corrected chi connectivity index (χ3v) is 6.61. The normalized spacial score (nSPS) is 37.5. The first-order chi connectivity index (χ1) is 7.33. The summed E-state index contributed by atoms with van der Waals surface area (Å²) < 4.78 is 5.60. The Balaban J connectivity index is 2.13. The van der Waals surface area contributed by atoms with E-state index in [4.69, 9.17) is 4.74 Å². The van der Waals surface area contributed by atoms with Crippen LogP contribution < -0.4 is 0 Å². The van der Waals surface area contributed by atoms with Crippen molar-refractivity contribution in [1.82, 2.24) is 0 Å². The molecule has 0 spiro atoms. The monoisotopic (exact) mass is 238 g/mol. The molecule has 2 aliphatic carbocycles. The van der Waals surface area contributed by atoms with Crippen LogP contribution in [-0.4, -0.2) is 19.6 Å². The van der Waals surface area contributed by atoms with Crippen LogP contribution >= 0.6 is 0 Å². The van der Waals surface area contributed by atoms with Gasteiger partial charge in [-0.2, -0.15) is 0 Å². The van der Waals surface area contributed by atoms with Gasteiger partial charge in [-0.1, -0.05) is 31.8 Å². The van der Waals surface area contributed by atoms with E-state index < -0.39 is 8.07 Å². The third-order valence-electron chi connectivity index (χ3n) is 3.99. The maximum Gasteiger partial charge on any atom is 0.303 e. The standard InChI is InChI=1S/C13H22O2Si/c1-10(14)15-13-8-11(13)6-5-7-12(9-13)16(2,3)4/h5,7,11-12H,6,8-9H2,1-4H3/t11-,12?,13+/m1/s1. The van der Waals surface area contributed by atoms with E-state index in [0.29, 0.717) is 11.5 Å². The summed E-state index contributed by atoms with van der Waals surface area (Å²) in [5.74, 6) is 0.479. The van der Waals surface area contributed by atoms with Crippen molar-refractivity contribution in [2.24, 2.45) is 5.92 Å². The second-order valence-electron chi connectivity index (χ2n) is 6.40. The molecular formula is C13H22O2Si. The molecule has 0 aromatic carbocycles. The molecule has 0 aromatic heterocycles. The molecule has 0 aromatic rings. The van der Waals surface area contributed by atoms with Crippen LogP contribution in [0.2, 0.25) is 25.2 Å². The number of allylic oxidation sites excluding steroid dienone is 2. The molecule has 0 N–H and O–H groups in total. The Bertz CT molecular complexity index is 329. The molecule has 3 heteroatoms. The summed E-state index contributed by atoms with van der Waals surface area (Å²) in [4.78, 5) is 11.2. The Morgan fingerprint density at radius 2 is 2.06 bits per heavy atom. The smallest absolute Gasteiger partial charge is 0.303 e. The lowest BCUT2D eigenvalue weighted by atomic mass is 10.1. The Kier molecular flexibility index (Phi) is 2.77. The van der Waals surface area contributed by atoms with Gasteiger partial charge in [-0.15, -0.1) is 0 Å². The molecule has 0 aliphatic heterocycles. The maximum absolute atomic E-state index is 11.2. The summed E-state index contributed by atoms with van der Waals surface area (Å²) in [6.07, 6.45) is 7.92. The Morgan fingerprint density at radius 3 is 2.62 bits per heavy atom. The molecule has 0 saturated heterocycles. The summed E-state index contributed by atoms with van der Waals surface area (Å²) >= 11 is 0. The van der Waals surface area contributed by atoms with E-state index in [2.05, 4.69) is 31.8 Å². The van der Waals surface area contributed by atoms with Crippen LogP contribution in [0.1, 0.15) is 26.2 Å². The minimum Gasteiger partial charge on any atom is -0.459 e. The molecule has 0 bridgehead atoms. The van der Waals surface area contributed by atoms with Gasteiger partial charge in [-0.3, -0.25) is 4.79 Å². The van der Waals surface area contributed by atoms with Crippen LogP contribution in [0.4, 0.5) is 0 Å². The van der Waals surface area contributed by atoms with Crippen LogP contribution in [0, 0.1) is 5.92 Å². The van der Waals surface area contributed by atoms with Crippen LogP contribution in [-0.2, 0) is 9.53 Å². The highest BCUT2D eigenvalue weighted by Crippen LogP contribution is 2.57.